The Kier molecular flexibility index (Phi) is 7.70. The molecule has 2 aromatic rings. The third kappa shape index (κ3) is 6.09. The highest BCUT2D eigenvalue weighted by atomic mass is 16.5. The summed E-state index contributed by atoms with van der Waals surface area (Å²) in [6.45, 7) is 3.83. The molecule has 3 rings (SSSR count). The summed E-state index contributed by atoms with van der Waals surface area (Å²) in [4.78, 5) is 4.26. The van der Waals surface area contributed by atoms with Gasteiger partial charge in [-0.05, 0) is 31.4 Å². The third-order valence-corrected chi connectivity index (χ3v) is 4.63. The molecule has 1 aliphatic rings. The van der Waals surface area contributed by atoms with Crippen molar-refractivity contribution in [2.45, 2.75) is 51.7 Å². The van der Waals surface area contributed by atoms with Crippen LogP contribution in [-0.2, 0) is 30.7 Å². The lowest BCUT2D eigenvalue weighted by Gasteiger charge is -2.12. The Morgan fingerprint density at radius 3 is 3.04 bits per heavy atom. The van der Waals surface area contributed by atoms with Crippen LogP contribution in [-0.4, -0.2) is 47.5 Å². The molecular weight excluding hydrogens is 344 g/mol. The van der Waals surface area contributed by atoms with Gasteiger partial charge in [0.05, 0.1) is 6.26 Å². The minimum absolute atomic E-state index is 0.517. The van der Waals surface area contributed by atoms with Gasteiger partial charge in [0.1, 0.15) is 24.0 Å². The van der Waals surface area contributed by atoms with Gasteiger partial charge in [-0.1, -0.05) is 6.42 Å². The van der Waals surface area contributed by atoms with Crippen molar-refractivity contribution < 1.29 is 9.15 Å². The Morgan fingerprint density at radius 1 is 1.26 bits per heavy atom. The normalized spacial score (nSPS) is 14.6. The summed E-state index contributed by atoms with van der Waals surface area (Å²) in [6.07, 6.45) is 8.18. The number of hydrogen-bond donors (Lipinski definition) is 2. The SMILES string of the molecule is CN=C(NCCCOCc1ccco1)NCCc1nnc2n1CCCCC2. The highest BCUT2D eigenvalue weighted by Gasteiger charge is 2.14. The number of aliphatic imine (C=N–C) groups is 1. The Morgan fingerprint density at radius 2 is 2.19 bits per heavy atom. The molecule has 8 heteroatoms. The first-order valence-corrected chi connectivity index (χ1v) is 9.82. The summed E-state index contributed by atoms with van der Waals surface area (Å²) in [7, 11) is 1.78. The molecule has 27 heavy (non-hydrogen) atoms. The molecule has 3 heterocycles. The highest BCUT2D eigenvalue weighted by molar-refractivity contribution is 5.79. The lowest BCUT2D eigenvalue weighted by atomic mass is 10.2. The van der Waals surface area contributed by atoms with Gasteiger partial charge in [-0.25, -0.2) is 0 Å². The number of nitrogens with one attached hydrogen (secondary N) is 2. The van der Waals surface area contributed by atoms with E-state index in [0.717, 1.165) is 62.3 Å². The number of ether oxygens (including phenoxy) is 1. The maximum Gasteiger partial charge on any atom is 0.190 e. The van der Waals surface area contributed by atoms with Crippen molar-refractivity contribution in [2.75, 3.05) is 26.7 Å². The van der Waals surface area contributed by atoms with Crippen LogP contribution >= 0.6 is 0 Å². The van der Waals surface area contributed by atoms with E-state index in [1.807, 2.05) is 12.1 Å². The number of furan rings is 1. The van der Waals surface area contributed by atoms with Crippen molar-refractivity contribution in [3.05, 3.63) is 35.8 Å². The van der Waals surface area contributed by atoms with Crippen LogP contribution in [0, 0.1) is 0 Å². The zero-order valence-corrected chi connectivity index (χ0v) is 16.1. The maximum atomic E-state index is 5.57. The van der Waals surface area contributed by atoms with Crippen LogP contribution in [0.3, 0.4) is 0 Å². The summed E-state index contributed by atoms with van der Waals surface area (Å²) in [6, 6.07) is 3.78. The van der Waals surface area contributed by atoms with E-state index in [9.17, 15) is 0 Å². The largest absolute Gasteiger partial charge is 0.467 e. The fraction of sp³-hybridized carbons (Fsp3) is 0.632. The molecule has 148 valence electrons. The first-order chi connectivity index (χ1) is 13.4. The lowest BCUT2D eigenvalue weighted by Crippen LogP contribution is -2.39. The predicted octanol–water partition coefficient (Wildman–Crippen LogP) is 1.91. The lowest BCUT2D eigenvalue weighted by molar-refractivity contribution is 0.105. The second-order valence-corrected chi connectivity index (χ2v) is 6.66. The number of nitrogens with zero attached hydrogens (tertiary/aromatic N) is 4. The molecule has 0 unspecified atom stereocenters. The summed E-state index contributed by atoms with van der Waals surface area (Å²) in [5.74, 6) is 3.86. The molecule has 0 aromatic carbocycles. The standard InChI is InChI=1S/C19H30N6O2/c1-20-19(21-10-6-13-26-15-16-7-5-14-27-16)22-11-9-18-24-23-17-8-3-2-4-12-25(17)18/h5,7,14H,2-4,6,8-13,15H2,1H3,(H2,20,21,22). The van der Waals surface area contributed by atoms with Crippen molar-refractivity contribution in [1.82, 2.24) is 25.4 Å². The number of aryl methyl sites for hydroxylation is 1. The fourth-order valence-corrected chi connectivity index (χ4v) is 3.19. The molecular formula is C19H30N6O2. The van der Waals surface area contributed by atoms with E-state index in [2.05, 4.69) is 30.4 Å². The molecule has 0 fully saturated rings. The Bertz CT molecular complexity index is 695. The molecule has 0 saturated heterocycles. The van der Waals surface area contributed by atoms with Crippen LogP contribution < -0.4 is 10.6 Å². The first kappa shape index (κ1) is 19.4. The topological polar surface area (TPSA) is 89.5 Å². The molecule has 0 radical (unpaired) electrons. The van der Waals surface area contributed by atoms with Crippen molar-refractivity contribution in [1.29, 1.82) is 0 Å². The molecule has 0 aliphatic carbocycles. The summed E-state index contributed by atoms with van der Waals surface area (Å²) >= 11 is 0. The number of fused-ring (bicyclic) bond motifs is 1. The maximum absolute atomic E-state index is 5.57. The van der Waals surface area contributed by atoms with Crippen LogP contribution in [0.15, 0.2) is 27.8 Å². The first-order valence-electron chi connectivity index (χ1n) is 9.82. The molecule has 0 amide bonds. The molecule has 0 spiro atoms. The number of rotatable bonds is 9. The van der Waals surface area contributed by atoms with Crippen molar-refractivity contribution >= 4 is 5.96 Å². The fourth-order valence-electron chi connectivity index (χ4n) is 3.19. The predicted molar refractivity (Wildman–Crippen MR) is 104 cm³/mol. The third-order valence-electron chi connectivity index (χ3n) is 4.63. The smallest absolute Gasteiger partial charge is 0.190 e. The second kappa shape index (κ2) is 10.7. The van der Waals surface area contributed by atoms with Crippen LogP contribution in [0.2, 0.25) is 0 Å². The molecule has 1 aliphatic heterocycles. The zero-order chi connectivity index (χ0) is 18.7. The summed E-state index contributed by atoms with van der Waals surface area (Å²) in [5, 5.41) is 15.4. The number of hydrogen-bond acceptors (Lipinski definition) is 5. The molecule has 0 bridgehead atoms. The van der Waals surface area contributed by atoms with Gasteiger partial charge in [-0.3, -0.25) is 4.99 Å². The van der Waals surface area contributed by atoms with E-state index in [1.54, 1.807) is 13.3 Å². The average molecular weight is 374 g/mol. The molecule has 8 nitrogen and oxygen atoms in total. The van der Waals surface area contributed by atoms with Gasteiger partial charge < -0.3 is 24.4 Å². The van der Waals surface area contributed by atoms with Gasteiger partial charge in [0.25, 0.3) is 0 Å². The quantitative estimate of drug-likeness (QED) is 0.396. The van der Waals surface area contributed by atoms with E-state index in [1.165, 1.54) is 19.3 Å². The van der Waals surface area contributed by atoms with Crippen molar-refractivity contribution in [3.8, 4) is 0 Å². The molecule has 2 aromatic heterocycles. The van der Waals surface area contributed by atoms with E-state index in [-0.39, 0.29) is 0 Å². The minimum Gasteiger partial charge on any atom is -0.467 e. The minimum atomic E-state index is 0.517. The second-order valence-electron chi connectivity index (χ2n) is 6.66. The van der Waals surface area contributed by atoms with Crippen molar-refractivity contribution in [3.63, 3.8) is 0 Å². The van der Waals surface area contributed by atoms with E-state index in [4.69, 9.17) is 9.15 Å². The molecule has 2 N–H and O–H groups in total. The Balaban J connectivity index is 1.29. The number of guanidine groups is 1. The van der Waals surface area contributed by atoms with Gasteiger partial charge in [0, 0.05) is 46.1 Å². The van der Waals surface area contributed by atoms with E-state index in [0.29, 0.717) is 13.2 Å². The van der Waals surface area contributed by atoms with Gasteiger partial charge >= 0.3 is 0 Å². The van der Waals surface area contributed by atoms with Crippen LogP contribution in [0.25, 0.3) is 0 Å². The van der Waals surface area contributed by atoms with Crippen LogP contribution in [0.5, 0.6) is 0 Å². The van der Waals surface area contributed by atoms with Crippen LogP contribution in [0.4, 0.5) is 0 Å². The molecule has 0 saturated carbocycles. The summed E-state index contributed by atoms with van der Waals surface area (Å²) in [5.41, 5.74) is 0. The van der Waals surface area contributed by atoms with Crippen LogP contribution in [0.1, 0.15) is 43.1 Å². The average Bonchev–Trinajstić information content (AvgIpc) is 3.27. The van der Waals surface area contributed by atoms with Gasteiger partial charge in [0.15, 0.2) is 5.96 Å². The number of aromatic nitrogens is 3. The van der Waals surface area contributed by atoms with E-state index < -0.39 is 0 Å². The van der Waals surface area contributed by atoms with Crippen molar-refractivity contribution in [2.24, 2.45) is 4.99 Å². The highest BCUT2D eigenvalue weighted by Crippen LogP contribution is 2.14. The monoisotopic (exact) mass is 374 g/mol. The summed E-state index contributed by atoms with van der Waals surface area (Å²) < 4.78 is 13.1. The van der Waals surface area contributed by atoms with Gasteiger partial charge in [-0.2, -0.15) is 0 Å². The zero-order valence-electron chi connectivity index (χ0n) is 16.1. The van der Waals surface area contributed by atoms with Gasteiger partial charge in [-0.15, -0.1) is 10.2 Å². The van der Waals surface area contributed by atoms with Gasteiger partial charge in [0.2, 0.25) is 0 Å². The Labute approximate surface area is 160 Å². The van der Waals surface area contributed by atoms with E-state index >= 15 is 0 Å². The molecule has 0 atom stereocenters. The Hall–Kier alpha value is -2.35.